The van der Waals surface area contributed by atoms with Crippen LogP contribution in [0, 0.1) is 13.8 Å². The number of aromatic carboxylic acids is 1. The van der Waals surface area contributed by atoms with Gasteiger partial charge < -0.3 is 5.11 Å². The highest BCUT2D eigenvalue weighted by molar-refractivity contribution is 6.30. The van der Waals surface area contributed by atoms with Crippen LogP contribution in [0.15, 0.2) is 30.5 Å². The van der Waals surface area contributed by atoms with E-state index in [4.69, 9.17) is 11.6 Å². The number of carboxylic acids is 1. The molecular formula is C16H14ClN3O2. The van der Waals surface area contributed by atoms with Crippen molar-refractivity contribution in [3.8, 4) is 0 Å². The Morgan fingerprint density at radius 2 is 1.95 bits per heavy atom. The van der Waals surface area contributed by atoms with Gasteiger partial charge in [0.15, 0.2) is 5.65 Å². The number of hydrogen-bond acceptors (Lipinski definition) is 3. The average molecular weight is 316 g/mol. The Morgan fingerprint density at radius 3 is 2.59 bits per heavy atom. The Bertz CT molecular complexity index is 869. The van der Waals surface area contributed by atoms with Crippen LogP contribution in [0.25, 0.3) is 5.65 Å². The minimum absolute atomic E-state index is 0.115. The number of hydrogen-bond donors (Lipinski definition) is 1. The van der Waals surface area contributed by atoms with E-state index in [1.165, 1.54) is 6.20 Å². The number of fused-ring (bicyclic) bond motifs is 1. The fourth-order valence-electron chi connectivity index (χ4n) is 2.52. The highest BCUT2D eigenvalue weighted by atomic mass is 35.5. The second kappa shape index (κ2) is 5.42. The van der Waals surface area contributed by atoms with E-state index >= 15 is 0 Å². The van der Waals surface area contributed by atoms with Gasteiger partial charge in [0, 0.05) is 22.8 Å². The Kier molecular flexibility index (Phi) is 3.58. The van der Waals surface area contributed by atoms with Gasteiger partial charge in [-0.05, 0) is 37.1 Å². The summed E-state index contributed by atoms with van der Waals surface area (Å²) in [5.41, 5.74) is 4.34. The molecule has 0 amide bonds. The first-order chi connectivity index (χ1) is 10.5. The van der Waals surface area contributed by atoms with Crippen LogP contribution in [0.2, 0.25) is 5.02 Å². The molecule has 0 atom stereocenters. The van der Waals surface area contributed by atoms with Crippen LogP contribution in [0.1, 0.15) is 32.9 Å². The average Bonchev–Trinajstić information content (AvgIpc) is 2.89. The maximum Gasteiger partial charge on any atom is 0.341 e. The van der Waals surface area contributed by atoms with Crippen molar-refractivity contribution in [2.24, 2.45) is 0 Å². The van der Waals surface area contributed by atoms with Crippen LogP contribution in [0.3, 0.4) is 0 Å². The first kappa shape index (κ1) is 14.5. The molecule has 0 saturated heterocycles. The van der Waals surface area contributed by atoms with Gasteiger partial charge in [-0.15, -0.1) is 0 Å². The molecule has 2 aromatic heterocycles. The maximum atomic E-state index is 11.2. The molecule has 0 unspecified atom stereocenters. The third-order valence-corrected chi connectivity index (χ3v) is 3.99. The number of nitrogens with zero attached hydrogens (tertiary/aromatic N) is 3. The summed E-state index contributed by atoms with van der Waals surface area (Å²) in [6.45, 7) is 3.81. The molecule has 0 saturated carbocycles. The van der Waals surface area contributed by atoms with Crippen LogP contribution in [0.5, 0.6) is 0 Å². The van der Waals surface area contributed by atoms with Gasteiger partial charge in [0.25, 0.3) is 0 Å². The molecule has 5 nitrogen and oxygen atoms in total. The first-order valence-electron chi connectivity index (χ1n) is 6.79. The molecule has 0 aliphatic rings. The summed E-state index contributed by atoms with van der Waals surface area (Å²) in [6.07, 6.45) is 2.03. The second-order valence-corrected chi connectivity index (χ2v) is 5.60. The van der Waals surface area contributed by atoms with Crippen molar-refractivity contribution in [1.82, 2.24) is 14.6 Å². The molecule has 0 aliphatic carbocycles. The Morgan fingerprint density at radius 1 is 1.27 bits per heavy atom. The lowest BCUT2D eigenvalue weighted by Crippen LogP contribution is -2.07. The van der Waals surface area contributed by atoms with Crippen molar-refractivity contribution < 1.29 is 9.90 Å². The van der Waals surface area contributed by atoms with Crippen molar-refractivity contribution in [1.29, 1.82) is 0 Å². The monoisotopic (exact) mass is 315 g/mol. The van der Waals surface area contributed by atoms with Gasteiger partial charge in [-0.2, -0.15) is 5.10 Å². The fraction of sp³-hybridized carbons (Fsp3) is 0.188. The van der Waals surface area contributed by atoms with Crippen molar-refractivity contribution in [3.63, 3.8) is 0 Å². The lowest BCUT2D eigenvalue weighted by molar-refractivity contribution is 0.0699. The van der Waals surface area contributed by atoms with Crippen LogP contribution in [0.4, 0.5) is 0 Å². The van der Waals surface area contributed by atoms with E-state index in [1.807, 2.05) is 38.1 Å². The van der Waals surface area contributed by atoms with Gasteiger partial charge in [0.05, 0.1) is 6.20 Å². The number of benzene rings is 1. The molecule has 6 heteroatoms. The van der Waals surface area contributed by atoms with E-state index in [2.05, 4.69) is 10.1 Å². The molecule has 112 valence electrons. The third-order valence-electron chi connectivity index (χ3n) is 3.73. The predicted molar refractivity (Wildman–Crippen MR) is 83.7 cm³/mol. The van der Waals surface area contributed by atoms with Crippen LogP contribution >= 0.6 is 11.6 Å². The maximum absolute atomic E-state index is 11.2. The van der Waals surface area contributed by atoms with Gasteiger partial charge in [0.1, 0.15) is 5.56 Å². The summed E-state index contributed by atoms with van der Waals surface area (Å²) in [5, 5.41) is 14.0. The highest BCUT2D eigenvalue weighted by Crippen LogP contribution is 2.21. The van der Waals surface area contributed by atoms with E-state index in [0.717, 1.165) is 22.5 Å². The number of rotatable bonds is 3. The molecule has 0 spiro atoms. The predicted octanol–water partition coefficient (Wildman–Crippen LogP) is 3.29. The summed E-state index contributed by atoms with van der Waals surface area (Å²) >= 11 is 5.91. The molecule has 0 radical (unpaired) electrons. The molecule has 2 heterocycles. The molecular weight excluding hydrogens is 302 g/mol. The third kappa shape index (κ3) is 2.44. The molecule has 0 aliphatic heterocycles. The van der Waals surface area contributed by atoms with Gasteiger partial charge in [-0.3, -0.25) is 0 Å². The number of halogens is 1. The van der Waals surface area contributed by atoms with Gasteiger partial charge >= 0.3 is 5.97 Å². The minimum atomic E-state index is -1.02. The number of carbonyl (C=O) groups is 1. The summed E-state index contributed by atoms with van der Waals surface area (Å²) in [7, 11) is 0. The molecule has 3 rings (SSSR count). The second-order valence-electron chi connectivity index (χ2n) is 5.16. The van der Waals surface area contributed by atoms with Crippen molar-refractivity contribution in [3.05, 3.63) is 63.6 Å². The zero-order valence-electron chi connectivity index (χ0n) is 12.2. The summed E-state index contributed by atoms with van der Waals surface area (Å²) in [6, 6.07) is 7.64. The van der Waals surface area contributed by atoms with E-state index in [9.17, 15) is 9.90 Å². The lowest BCUT2D eigenvalue weighted by Gasteiger charge is -2.11. The zero-order chi connectivity index (χ0) is 15.9. The number of aryl methyl sites for hydroxylation is 2. The molecule has 1 aromatic carbocycles. The standard InChI is InChI=1S/C16H14ClN3O2/c1-9-13(7-11-3-5-12(17)6-4-11)10(2)20-15(19-9)14(8-18-20)16(21)22/h3-6,8H,7H2,1-2H3,(H,21,22). The molecule has 22 heavy (non-hydrogen) atoms. The van der Waals surface area contributed by atoms with Crippen LogP contribution < -0.4 is 0 Å². The topological polar surface area (TPSA) is 67.5 Å². The lowest BCUT2D eigenvalue weighted by atomic mass is 10.0. The smallest absolute Gasteiger partial charge is 0.341 e. The quantitative estimate of drug-likeness (QED) is 0.805. The van der Waals surface area contributed by atoms with Crippen LogP contribution in [-0.4, -0.2) is 25.7 Å². The molecule has 3 aromatic rings. The summed E-state index contributed by atoms with van der Waals surface area (Å²) in [4.78, 5) is 15.6. The molecule has 0 fully saturated rings. The van der Waals surface area contributed by atoms with Crippen molar-refractivity contribution >= 4 is 23.2 Å². The first-order valence-corrected chi connectivity index (χ1v) is 7.16. The SMILES string of the molecule is Cc1nc2c(C(=O)O)cnn2c(C)c1Cc1ccc(Cl)cc1. The van der Waals surface area contributed by atoms with Gasteiger partial charge in [-0.1, -0.05) is 23.7 Å². The summed E-state index contributed by atoms with van der Waals surface area (Å²) < 4.78 is 1.59. The van der Waals surface area contributed by atoms with Gasteiger partial charge in [0.2, 0.25) is 0 Å². The number of carboxylic acid groups (broad SMARTS) is 1. The van der Waals surface area contributed by atoms with E-state index in [1.54, 1.807) is 4.52 Å². The Hall–Kier alpha value is -2.40. The van der Waals surface area contributed by atoms with Gasteiger partial charge in [-0.25, -0.2) is 14.3 Å². The zero-order valence-corrected chi connectivity index (χ0v) is 12.9. The van der Waals surface area contributed by atoms with E-state index in [-0.39, 0.29) is 5.56 Å². The summed E-state index contributed by atoms with van der Waals surface area (Å²) in [5.74, 6) is -1.02. The van der Waals surface area contributed by atoms with Crippen LogP contribution in [-0.2, 0) is 6.42 Å². The van der Waals surface area contributed by atoms with E-state index in [0.29, 0.717) is 17.1 Å². The van der Waals surface area contributed by atoms with E-state index < -0.39 is 5.97 Å². The fourth-order valence-corrected chi connectivity index (χ4v) is 2.65. The Balaban J connectivity index is 2.10. The van der Waals surface area contributed by atoms with Crippen molar-refractivity contribution in [2.75, 3.05) is 0 Å². The Labute approximate surface area is 132 Å². The highest BCUT2D eigenvalue weighted by Gasteiger charge is 2.17. The normalized spacial score (nSPS) is 11.0. The minimum Gasteiger partial charge on any atom is -0.477 e. The number of aromatic nitrogens is 3. The molecule has 1 N–H and O–H groups in total. The largest absolute Gasteiger partial charge is 0.477 e. The molecule has 0 bridgehead atoms. The van der Waals surface area contributed by atoms with Crippen molar-refractivity contribution in [2.45, 2.75) is 20.3 Å².